The summed E-state index contributed by atoms with van der Waals surface area (Å²) < 4.78 is 23.1. The molecule has 27 heavy (non-hydrogen) atoms. The molecule has 2 N–H and O–H groups in total. The van der Waals surface area contributed by atoms with Crippen LogP contribution in [0.4, 0.5) is 0 Å². The van der Waals surface area contributed by atoms with Gasteiger partial charge in [-0.1, -0.05) is 19.4 Å². The Bertz CT molecular complexity index is 651. The third-order valence-corrected chi connectivity index (χ3v) is 6.58. The molecule has 1 aromatic rings. The summed E-state index contributed by atoms with van der Waals surface area (Å²) in [4.78, 5) is 4.34. The Morgan fingerprint density at radius 3 is 2.78 bits per heavy atom. The van der Waals surface area contributed by atoms with Gasteiger partial charge in [0.05, 0.1) is 13.7 Å². The number of ether oxygens (including phenoxy) is 2. The summed E-state index contributed by atoms with van der Waals surface area (Å²) in [6.07, 6.45) is 4.21. The van der Waals surface area contributed by atoms with Crippen molar-refractivity contribution in [1.29, 1.82) is 0 Å². The van der Waals surface area contributed by atoms with E-state index in [1.54, 1.807) is 14.2 Å². The highest BCUT2D eigenvalue weighted by atomic mass is 32.2. The van der Waals surface area contributed by atoms with E-state index >= 15 is 0 Å². The van der Waals surface area contributed by atoms with Gasteiger partial charge in [0.2, 0.25) is 0 Å². The second-order valence-corrected chi connectivity index (χ2v) is 8.65. The van der Waals surface area contributed by atoms with Crippen LogP contribution in [0.1, 0.15) is 45.1 Å². The number of hydrogen-bond acceptors (Lipinski definition) is 4. The minimum absolute atomic E-state index is 0.301. The van der Waals surface area contributed by atoms with Crippen molar-refractivity contribution >= 4 is 16.8 Å². The lowest BCUT2D eigenvalue weighted by atomic mass is 9.95. The van der Waals surface area contributed by atoms with Gasteiger partial charge in [0.15, 0.2) is 17.5 Å². The van der Waals surface area contributed by atoms with E-state index in [0.29, 0.717) is 24.4 Å². The van der Waals surface area contributed by atoms with Gasteiger partial charge in [-0.25, -0.2) is 0 Å². The summed E-state index contributed by atoms with van der Waals surface area (Å²) in [5, 5.41) is 7.15. The van der Waals surface area contributed by atoms with Crippen molar-refractivity contribution in [3.05, 3.63) is 23.8 Å². The van der Waals surface area contributed by atoms with Crippen molar-refractivity contribution in [3.63, 3.8) is 0 Å². The first-order valence-electron chi connectivity index (χ1n) is 9.75. The molecule has 0 amide bonds. The minimum Gasteiger partial charge on any atom is -0.493 e. The number of methoxy groups -OCH3 is 1. The molecule has 6 nitrogen and oxygen atoms in total. The Kier molecular flexibility index (Phi) is 8.91. The van der Waals surface area contributed by atoms with Crippen LogP contribution in [-0.2, 0) is 17.3 Å². The molecule has 0 aromatic heterocycles. The van der Waals surface area contributed by atoms with Gasteiger partial charge in [0.25, 0.3) is 0 Å². The lowest BCUT2D eigenvalue weighted by Crippen LogP contribution is -2.46. The number of hydrogen-bond donors (Lipinski definition) is 2. The maximum Gasteiger partial charge on any atom is 0.191 e. The molecule has 7 heteroatoms. The van der Waals surface area contributed by atoms with Crippen LogP contribution in [0.2, 0.25) is 0 Å². The summed E-state index contributed by atoms with van der Waals surface area (Å²) in [7, 11) is 2.71. The maximum atomic E-state index is 12.1. The molecule has 2 rings (SSSR count). The van der Waals surface area contributed by atoms with E-state index in [9.17, 15) is 4.21 Å². The number of rotatable bonds is 8. The molecule has 0 aliphatic heterocycles. The molecule has 3 atom stereocenters. The summed E-state index contributed by atoms with van der Waals surface area (Å²) in [6.45, 7) is 5.20. The zero-order valence-electron chi connectivity index (χ0n) is 16.9. The summed E-state index contributed by atoms with van der Waals surface area (Å²) in [6, 6.07) is 6.25. The van der Waals surface area contributed by atoms with Crippen LogP contribution < -0.4 is 20.1 Å². The van der Waals surface area contributed by atoms with Gasteiger partial charge in [-0.3, -0.25) is 9.20 Å². The fourth-order valence-electron chi connectivity index (χ4n) is 3.42. The van der Waals surface area contributed by atoms with Crippen molar-refractivity contribution in [2.24, 2.45) is 4.99 Å². The number of nitrogens with zero attached hydrogens (tertiary/aromatic N) is 1. The van der Waals surface area contributed by atoms with Gasteiger partial charge in [0.1, 0.15) is 0 Å². The normalized spacial score (nSPS) is 21.4. The van der Waals surface area contributed by atoms with Gasteiger partial charge < -0.3 is 20.1 Å². The van der Waals surface area contributed by atoms with Crippen molar-refractivity contribution < 1.29 is 13.7 Å². The largest absolute Gasteiger partial charge is 0.493 e. The third-order valence-electron chi connectivity index (χ3n) is 4.83. The van der Waals surface area contributed by atoms with Gasteiger partial charge in [0, 0.05) is 41.4 Å². The average molecular weight is 396 g/mol. The van der Waals surface area contributed by atoms with Crippen LogP contribution in [0.15, 0.2) is 23.2 Å². The monoisotopic (exact) mass is 395 g/mol. The van der Waals surface area contributed by atoms with E-state index < -0.39 is 10.8 Å². The molecular formula is C20H33N3O3S. The van der Waals surface area contributed by atoms with Gasteiger partial charge in [-0.15, -0.1) is 0 Å². The Hall–Kier alpha value is -1.76. The van der Waals surface area contributed by atoms with Crippen molar-refractivity contribution in [1.82, 2.24) is 10.6 Å². The van der Waals surface area contributed by atoms with Crippen LogP contribution in [0.25, 0.3) is 0 Å². The van der Waals surface area contributed by atoms with Crippen LogP contribution >= 0.6 is 0 Å². The highest BCUT2D eigenvalue weighted by Gasteiger charge is 2.26. The lowest BCUT2D eigenvalue weighted by molar-refractivity contribution is 0.310. The number of guanidine groups is 1. The van der Waals surface area contributed by atoms with E-state index in [1.165, 1.54) is 0 Å². The number of aliphatic imine (C=N–C) groups is 1. The second kappa shape index (κ2) is 11.2. The van der Waals surface area contributed by atoms with Crippen LogP contribution in [0.5, 0.6) is 11.5 Å². The molecule has 0 radical (unpaired) electrons. The van der Waals surface area contributed by atoms with Gasteiger partial charge in [-0.2, -0.15) is 0 Å². The summed E-state index contributed by atoms with van der Waals surface area (Å²) >= 11 is 0. The van der Waals surface area contributed by atoms with E-state index in [2.05, 4.69) is 15.6 Å². The van der Waals surface area contributed by atoms with E-state index in [-0.39, 0.29) is 0 Å². The third kappa shape index (κ3) is 6.41. The molecule has 152 valence electrons. The van der Waals surface area contributed by atoms with Crippen LogP contribution in [0.3, 0.4) is 0 Å². The molecular weight excluding hydrogens is 362 g/mol. The standard InChI is InChI=1S/C20H33N3O3S/c1-5-26-18-11-10-15(12-19(18)25-4)14-22-20(21-3)23-16-8-7-9-17(13-16)27(24)6-2/h10-12,16-17H,5-9,13-14H2,1-4H3,(H2,21,22,23). The molecule has 0 saturated heterocycles. The minimum atomic E-state index is -0.718. The highest BCUT2D eigenvalue weighted by Crippen LogP contribution is 2.28. The average Bonchev–Trinajstić information content (AvgIpc) is 2.71. The molecule has 1 saturated carbocycles. The SMILES string of the molecule is CCOc1ccc(CNC(=NC)NC2CCCC(S(=O)CC)C2)cc1OC. The first-order valence-corrected chi connectivity index (χ1v) is 11.1. The molecule has 1 aliphatic carbocycles. The fourth-order valence-corrected chi connectivity index (χ4v) is 4.77. The zero-order valence-corrected chi connectivity index (χ0v) is 17.7. The molecule has 1 aliphatic rings. The Morgan fingerprint density at radius 1 is 1.30 bits per heavy atom. The van der Waals surface area contributed by atoms with Crippen molar-refractivity contribution in [2.45, 2.75) is 57.4 Å². The Morgan fingerprint density at radius 2 is 2.11 bits per heavy atom. The quantitative estimate of drug-likeness (QED) is 0.523. The predicted molar refractivity (Wildman–Crippen MR) is 112 cm³/mol. The van der Waals surface area contributed by atoms with E-state index in [0.717, 1.165) is 54.5 Å². The number of nitrogens with one attached hydrogen (secondary N) is 2. The predicted octanol–water partition coefficient (Wildman–Crippen LogP) is 2.84. The molecule has 0 bridgehead atoms. The van der Waals surface area contributed by atoms with E-state index in [1.807, 2.05) is 32.0 Å². The topological polar surface area (TPSA) is 72.0 Å². The first-order chi connectivity index (χ1) is 13.1. The first kappa shape index (κ1) is 21.5. The van der Waals surface area contributed by atoms with Crippen molar-refractivity contribution in [2.75, 3.05) is 26.5 Å². The summed E-state index contributed by atoms with van der Waals surface area (Å²) in [5.41, 5.74) is 1.09. The maximum absolute atomic E-state index is 12.1. The number of benzene rings is 1. The molecule has 0 spiro atoms. The van der Waals surface area contributed by atoms with Crippen molar-refractivity contribution in [3.8, 4) is 11.5 Å². The molecule has 1 fully saturated rings. The smallest absolute Gasteiger partial charge is 0.191 e. The van der Waals surface area contributed by atoms with Gasteiger partial charge >= 0.3 is 0 Å². The van der Waals surface area contributed by atoms with Gasteiger partial charge in [-0.05, 0) is 43.9 Å². The zero-order chi connectivity index (χ0) is 19.6. The fraction of sp³-hybridized carbons (Fsp3) is 0.650. The van der Waals surface area contributed by atoms with Crippen LogP contribution in [0, 0.1) is 0 Å². The molecule has 3 unspecified atom stereocenters. The molecule has 1 aromatic carbocycles. The molecule has 0 heterocycles. The Balaban J connectivity index is 1.91. The summed E-state index contributed by atoms with van der Waals surface area (Å²) in [5.74, 6) is 3.00. The van der Waals surface area contributed by atoms with E-state index in [4.69, 9.17) is 9.47 Å². The van der Waals surface area contributed by atoms with Crippen LogP contribution in [-0.4, -0.2) is 48.0 Å². The Labute approximate surface area is 165 Å². The second-order valence-electron chi connectivity index (χ2n) is 6.64. The lowest BCUT2D eigenvalue weighted by Gasteiger charge is -2.30. The highest BCUT2D eigenvalue weighted by molar-refractivity contribution is 7.85.